The molecule has 1 heterocycles. The number of piperazine rings is 1. The van der Waals surface area contributed by atoms with Crippen LogP contribution < -0.4 is 5.32 Å². The summed E-state index contributed by atoms with van der Waals surface area (Å²) in [5, 5.41) is 3.69. The third kappa shape index (κ3) is 5.87. The lowest BCUT2D eigenvalue weighted by Crippen LogP contribution is -2.60. The molecule has 0 saturated carbocycles. The number of hydrogen-bond donors (Lipinski definition) is 1. The van der Waals surface area contributed by atoms with Crippen molar-refractivity contribution in [2.24, 2.45) is 11.8 Å². The van der Waals surface area contributed by atoms with E-state index >= 15 is 0 Å². The summed E-state index contributed by atoms with van der Waals surface area (Å²) in [6.45, 7) is 13.7. The van der Waals surface area contributed by atoms with Crippen LogP contribution in [-0.4, -0.2) is 56.5 Å². The van der Waals surface area contributed by atoms with E-state index in [-0.39, 0.29) is 5.75 Å². The van der Waals surface area contributed by atoms with Crippen molar-refractivity contribution in [2.45, 2.75) is 59.5 Å². The quantitative estimate of drug-likeness (QED) is 0.745. The van der Waals surface area contributed by atoms with E-state index in [1.165, 1.54) is 6.42 Å². The van der Waals surface area contributed by atoms with Gasteiger partial charge in [-0.25, -0.2) is 8.42 Å². The Morgan fingerprint density at radius 3 is 2.43 bits per heavy atom. The van der Waals surface area contributed by atoms with Crippen molar-refractivity contribution in [3.8, 4) is 0 Å². The maximum Gasteiger partial charge on any atom is 0.150 e. The van der Waals surface area contributed by atoms with Crippen LogP contribution in [0.15, 0.2) is 0 Å². The molecule has 126 valence electrons. The van der Waals surface area contributed by atoms with E-state index in [0.29, 0.717) is 29.7 Å². The van der Waals surface area contributed by atoms with Gasteiger partial charge in [-0.3, -0.25) is 4.90 Å². The molecule has 3 unspecified atom stereocenters. The highest BCUT2D eigenvalue weighted by Crippen LogP contribution is 2.20. The summed E-state index contributed by atoms with van der Waals surface area (Å²) < 4.78 is 23.3. The summed E-state index contributed by atoms with van der Waals surface area (Å²) in [5.41, 5.74) is 0. The monoisotopic (exact) mass is 318 g/mol. The number of nitrogens with zero attached hydrogens (tertiary/aromatic N) is 1. The summed E-state index contributed by atoms with van der Waals surface area (Å²) in [6, 6.07) is 1.06. The van der Waals surface area contributed by atoms with E-state index in [4.69, 9.17) is 0 Å². The van der Waals surface area contributed by atoms with Crippen LogP contribution >= 0.6 is 0 Å². The molecule has 3 atom stereocenters. The highest BCUT2D eigenvalue weighted by molar-refractivity contribution is 7.91. The Morgan fingerprint density at radius 1 is 1.24 bits per heavy atom. The lowest BCUT2D eigenvalue weighted by Gasteiger charge is -2.44. The zero-order valence-corrected chi connectivity index (χ0v) is 15.2. The Kier molecular flexibility index (Phi) is 7.65. The zero-order valence-electron chi connectivity index (χ0n) is 14.4. The first-order chi connectivity index (χ1) is 9.80. The first-order valence-corrected chi connectivity index (χ1v) is 10.3. The molecule has 0 radical (unpaired) electrons. The average Bonchev–Trinajstić information content (AvgIpc) is 2.45. The van der Waals surface area contributed by atoms with Crippen LogP contribution in [0, 0.1) is 11.8 Å². The smallest absolute Gasteiger partial charge is 0.150 e. The van der Waals surface area contributed by atoms with Crippen LogP contribution in [-0.2, 0) is 9.84 Å². The normalized spacial score (nSPS) is 26.2. The van der Waals surface area contributed by atoms with Crippen LogP contribution in [0.3, 0.4) is 0 Å². The predicted molar refractivity (Wildman–Crippen MR) is 90.4 cm³/mol. The van der Waals surface area contributed by atoms with Gasteiger partial charge in [0.1, 0.15) is 9.84 Å². The Morgan fingerprint density at radius 2 is 1.90 bits per heavy atom. The predicted octanol–water partition coefficient (Wildman–Crippen LogP) is 2.16. The highest BCUT2D eigenvalue weighted by Gasteiger charge is 2.31. The molecular formula is C16H34N2O2S. The molecule has 1 rings (SSSR count). The van der Waals surface area contributed by atoms with Gasteiger partial charge in [-0.15, -0.1) is 0 Å². The van der Waals surface area contributed by atoms with E-state index in [9.17, 15) is 8.42 Å². The average molecular weight is 319 g/mol. The first kappa shape index (κ1) is 18.9. The van der Waals surface area contributed by atoms with Crippen molar-refractivity contribution in [2.75, 3.05) is 31.1 Å². The third-order valence-corrected chi connectivity index (χ3v) is 6.72. The molecule has 1 aliphatic heterocycles. The van der Waals surface area contributed by atoms with Gasteiger partial charge >= 0.3 is 0 Å². The third-order valence-electron chi connectivity index (χ3n) is 4.93. The van der Waals surface area contributed by atoms with Crippen LogP contribution in [0.1, 0.15) is 47.5 Å². The van der Waals surface area contributed by atoms with Crippen molar-refractivity contribution in [1.29, 1.82) is 0 Å². The second-order valence-corrected chi connectivity index (χ2v) is 9.27. The van der Waals surface area contributed by atoms with Gasteiger partial charge in [-0.2, -0.15) is 0 Å². The Bertz CT molecular complexity index is 395. The van der Waals surface area contributed by atoms with Gasteiger partial charge < -0.3 is 5.32 Å². The van der Waals surface area contributed by atoms with Crippen molar-refractivity contribution >= 4 is 9.84 Å². The molecule has 1 fully saturated rings. The maximum absolute atomic E-state index is 11.6. The molecule has 0 aromatic heterocycles. The van der Waals surface area contributed by atoms with Gasteiger partial charge in [0.15, 0.2) is 0 Å². The van der Waals surface area contributed by atoms with Gasteiger partial charge in [0.05, 0.1) is 5.75 Å². The highest BCUT2D eigenvalue weighted by atomic mass is 32.2. The van der Waals surface area contributed by atoms with Gasteiger partial charge in [-0.1, -0.05) is 41.0 Å². The van der Waals surface area contributed by atoms with Gasteiger partial charge in [-0.05, 0) is 24.8 Å². The van der Waals surface area contributed by atoms with Crippen LogP contribution in [0.2, 0.25) is 0 Å². The lowest BCUT2D eigenvalue weighted by molar-refractivity contribution is 0.0823. The van der Waals surface area contributed by atoms with E-state index < -0.39 is 9.84 Å². The van der Waals surface area contributed by atoms with E-state index in [0.717, 1.165) is 26.1 Å². The lowest BCUT2D eigenvalue weighted by atomic mass is 9.92. The molecule has 1 aliphatic rings. The molecule has 1 saturated heterocycles. The summed E-state index contributed by atoms with van der Waals surface area (Å²) in [4.78, 5) is 2.52. The largest absolute Gasteiger partial charge is 0.311 e. The molecular weight excluding hydrogens is 284 g/mol. The fraction of sp³-hybridized carbons (Fsp3) is 1.00. The fourth-order valence-electron chi connectivity index (χ4n) is 3.07. The van der Waals surface area contributed by atoms with E-state index in [2.05, 4.69) is 37.9 Å². The Hall–Kier alpha value is -0.130. The maximum atomic E-state index is 11.6. The van der Waals surface area contributed by atoms with Crippen molar-refractivity contribution in [3.63, 3.8) is 0 Å². The standard InChI is InChI=1S/C16H34N2O2S/c1-6-14(5)15-12-18(16(11-17-15)13(3)4)9-8-10-21(19,20)7-2/h13-17H,6-12H2,1-5H3. The zero-order chi connectivity index (χ0) is 16.0. The minimum atomic E-state index is -2.83. The van der Waals surface area contributed by atoms with Crippen molar-refractivity contribution in [3.05, 3.63) is 0 Å². The van der Waals surface area contributed by atoms with Crippen molar-refractivity contribution < 1.29 is 8.42 Å². The second kappa shape index (κ2) is 8.49. The number of hydrogen-bond acceptors (Lipinski definition) is 4. The summed E-state index contributed by atoms with van der Waals surface area (Å²) >= 11 is 0. The Balaban J connectivity index is 2.59. The molecule has 0 aromatic carbocycles. The van der Waals surface area contributed by atoms with Gasteiger partial charge in [0.25, 0.3) is 0 Å². The van der Waals surface area contributed by atoms with Gasteiger partial charge in [0.2, 0.25) is 0 Å². The topological polar surface area (TPSA) is 49.4 Å². The summed E-state index contributed by atoms with van der Waals surface area (Å²) in [6.07, 6.45) is 1.94. The second-order valence-electron chi connectivity index (χ2n) is 6.80. The molecule has 0 aliphatic carbocycles. The molecule has 0 amide bonds. The molecule has 5 heteroatoms. The molecule has 0 aromatic rings. The van der Waals surface area contributed by atoms with Crippen molar-refractivity contribution in [1.82, 2.24) is 10.2 Å². The Labute approximate surface area is 131 Å². The van der Waals surface area contributed by atoms with E-state index in [1.807, 2.05) is 0 Å². The minimum absolute atomic E-state index is 0.262. The summed E-state index contributed by atoms with van der Waals surface area (Å²) in [5.74, 6) is 1.85. The number of nitrogens with one attached hydrogen (secondary N) is 1. The molecule has 21 heavy (non-hydrogen) atoms. The molecule has 0 spiro atoms. The molecule has 4 nitrogen and oxygen atoms in total. The summed E-state index contributed by atoms with van der Waals surface area (Å²) in [7, 11) is -2.83. The fourth-order valence-corrected chi connectivity index (χ4v) is 3.92. The SMILES string of the molecule is CCC(C)C1CN(CCCS(=O)(=O)CC)C(C(C)C)CN1. The molecule has 0 bridgehead atoms. The van der Waals surface area contributed by atoms with Crippen LogP contribution in [0.4, 0.5) is 0 Å². The molecule has 1 N–H and O–H groups in total. The minimum Gasteiger partial charge on any atom is -0.311 e. The van der Waals surface area contributed by atoms with E-state index in [1.54, 1.807) is 6.92 Å². The number of sulfone groups is 1. The van der Waals surface area contributed by atoms with Gasteiger partial charge in [0, 0.05) is 30.9 Å². The van der Waals surface area contributed by atoms with Crippen LogP contribution in [0.25, 0.3) is 0 Å². The number of rotatable bonds is 8. The first-order valence-electron chi connectivity index (χ1n) is 8.48. The van der Waals surface area contributed by atoms with Crippen LogP contribution in [0.5, 0.6) is 0 Å².